The Morgan fingerprint density at radius 1 is 1.04 bits per heavy atom. The van der Waals surface area contributed by atoms with E-state index in [0.717, 1.165) is 5.56 Å². The molecular weight excluding hydrogens is 374 g/mol. The summed E-state index contributed by atoms with van der Waals surface area (Å²) in [5, 5.41) is 0. The van der Waals surface area contributed by atoms with Crippen molar-refractivity contribution in [2.24, 2.45) is 5.73 Å². The Balaban J connectivity index is 0.00000280. The van der Waals surface area contributed by atoms with Gasteiger partial charge in [-0.05, 0) is 11.1 Å². The molecular formula is C22H28ClN3O2. The number of hydrogen-bond donors (Lipinski definition) is 1. The molecule has 28 heavy (non-hydrogen) atoms. The van der Waals surface area contributed by atoms with Gasteiger partial charge < -0.3 is 15.5 Å². The predicted octanol–water partition coefficient (Wildman–Crippen LogP) is 2.80. The van der Waals surface area contributed by atoms with Gasteiger partial charge in [-0.2, -0.15) is 0 Å². The molecule has 1 saturated heterocycles. The van der Waals surface area contributed by atoms with E-state index in [1.54, 1.807) is 11.8 Å². The zero-order chi connectivity index (χ0) is 19.2. The SMILES string of the molecule is CC(=O)N(CCC(=O)N1C[C@@H](N)[C@H](c2ccccc2)C1)Cc1ccccc1.Cl. The van der Waals surface area contributed by atoms with Crippen LogP contribution in [0.1, 0.15) is 30.4 Å². The Bertz CT molecular complexity index is 770. The van der Waals surface area contributed by atoms with Gasteiger partial charge in [0.2, 0.25) is 11.8 Å². The largest absolute Gasteiger partial charge is 0.340 e. The summed E-state index contributed by atoms with van der Waals surface area (Å²) in [6.07, 6.45) is 0.320. The molecule has 1 aliphatic heterocycles. The van der Waals surface area contributed by atoms with Crippen LogP contribution in [0.15, 0.2) is 60.7 Å². The van der Waals surface area contributed by atoms with Crippen molar-refractivity contribution in [1.82, 2.24) is 9.80 Å². The smallest absolute Gasteiger partial charge is 0.224 e. The van der Waals surface area contributed by atoms with Crippen molar-refractivity contribution in [3.8, 4) is 0 Å². The minimum atomic E-state index is -0.0513. The Labute approximate surface area is 172 Å². The Kier molecular flexibility index (Phi) is 8.03. The van der Waals surface area contributed by atoms with Gasteiger partial charge in [-0.15, -0.1) is 12.4 Å². The minimum Gasteiger partial charge on any atom is -0.340 e. The lowest BCUT2D eigenvalue weighted by Crippen LogP contribution is -2.36. The molecule has 2 N–H and O–H groups in total. The number of rotatable bonds is 6. The molecule has 0 unspecified atom stereocenters. The molecule has 1 aliphatic rings. The van der Waals surface area contributed by atoms with Crippen LogP contribution in [0, 0.1) is 0 Å². The molecule has 0 aliphatic carbocycles. The highest BCUT2D eigenvalue weighted by Gasteiger charge is 2.33. The van der Waals surface area contributed by atoms with E-state index in [4.69, 9.17) is 5.73 Å². The second kappa shape index (κ2) is 10.2. The quantitative estimate of drug-likeness (QED) is 0.809. The van der Waals surface area contributed by atoms with Gasteiger partial charge in [0.15, 0.2) is 0 Å². The summed E-state index contributed by atoms with van der Waals surface area (Å²) in [4.78, 5) is 28.2. The number of carbonyl (C=O) groups is 2. The number of benzene rings is 2. The fraction of sp³-hybridized carbons (Fsp3) is 0.364. The van der Waals surface area contributed by atoms with Gasteiger partial charge in [0.05, 0.1) is 0 Å². The zero-order valence-electron chi connectivity index (χ0n) is 16.2. The van der Waals surface area contributed by atoms with Gasteiger partial charge in [0, 0.05) is 51.5 Å². The summed E-state index contributed by atoms with van der Waals surface area (Å²) in [6.45, 7) is 3.70. The maximum absolute atomic E-state index is 12.7. The van der Waals surface area contributed by atoms with Gasteiger partial charge in [-0.3, -0.25) is 9.59 Å². The van der Waals surface area contributed by atoms with Crippen LogP contribution in [0.3, 0.4) is 0 Å². The van der Waals surface area contributed by atoms with Crippen molar-refractivity contribution in [3.63, 3.8) is 0 Å². The van der Waals surface area contributed by atoms with Gasteiger partial charge in [0.25, 0.3) is 0 Å². The highest BCUT2D eigenvalue weighted by atomic mass is 35.5. The summed E-state index contributed by atoms with van der Waals surface area (Å²) in [6, 6.07) is 19.9. The van der Waals surface area contributed by atoms with Crippen molar-refractivity contribution < 1.29 is 9.59 Å². The first-order valence-corrected chi connectivity index (χ1v) is 9.42. The highest BCUT2D eigenvalue weighted by Crippen LogP contribution is 2.26. The number of hydrogen-bond acceptors (Lipinski definition) is 3. The fourth-order valence-electron chi connectivity index (χ4n) is 3.63. The predicted molar refractivity (Wildman–Crippen MR) is 113 cm³/mol. The second-order valence-corrected chi connectivity index (χ2v) is 7.16. The monoisotopic (exact) mass is 401 g/mol. The number of likely N-dealkylation sites (tertiary alicyclic amines) is 1. The van der Waals surface area contributed by atoms with Gasteiger partial charge in [-0.1, -0.05) is 60.7 Å². The average molecular weight is 402 g/mol. The molecule has 0 spiro atoms. The van der Waals surface area contributed by atoms with Crippen molar-refractivity contribution >= 4 is 24.2 Å². The van der Waals surface area contributed by atoms with Crippen molar-refractivity contribution in [2.75, 3.05) is 19.6 Å². The maximum Gasteiger partial charge on any atom is 0.224 e. The Morgan fingerprint density at radius 2 is 1.64 bits per heavy atom. The van der Waals surface area contributed by atoms with E-state index in [9.17, 15) is 9.59 Å². The third-order valence-corrected chi connectivity index (χ3v) is 5.20. The number of nitrogens with zero attached hydrogens (tertiary/aromatic N) is 2. The summed E-state index contributed by atoms with van der Waals surface area (Å²) < 4.78 is 0. The van der Waals surface area contributed by atoms with Gasteiger partial charge >= 0.3 is 0 Å². The summed E-state index contributed by atoms with van der Waals surface area (Å²) >= 11 is 0. The van der Waals surface area contributed by atoms with Crippen LogP contribution >= 0.6 is 12.4 Å². The lowest BCUT2D eigenvalue weighted by molar-refractivity contribution is -0.133. The van der Waals surface area contributed by atoms with Gasteiger partial charge in [0.1, 0.15) is 0 Å². The van der Waals surface area contributed by atoms with Crippen molar-refractivity contribution in [2.45, 2.75) is 31.8 Å². The van der Waals surface area contributed by atoms with Crippen molar-refractivity contribution in [3.05, 3.63) is 71.8 Å². The number of carbonyl (C=O) groups excluding carboxylic acids is 2. The van der Waals surface area contributed by atoms with E-state index in [1.807, 2.05) is 53.4 Å². The molecule has 2 amide bonds. The molecule has 3 rings (SSSR count). The molecule has 0 aromatic heterocycles. The number of halogens is 1. The molecule has 150 valence electrons. The Hall–Kier alpha value is -2.37. The first-order chi connectivity index (χ1) is 13.0. The lowest BCUT2D eigenvalue weighted by Gasteiger charge is -2.23. The van der Waals surface area contributed by atoms with Crippen LogP contribution in [-0.2, 0) is 16.1 Å². The van der Waals surface area contributed by atoms with E-state index in [2.05, 4.69) is 12.1 Å². The van der Waals surface area contributed by atoms with Crippen LogP contribution in [0.5, 0.6) is 0 Å². The second-order valence-electron chi connectivity index (χ2n) is 7.16. The summed E-state index contributed by atoms with van der Waals surface area (Å²) in [7, 11) is 0. The van der Waals surface area contributed by atoms with Crippen LogP contribution in [-0.4, -0.2) is 47.3 Å². The van der Waals surface area contributed by atoms with Crippen LogP contribution in [0.25, 0.3) is 0 Å². The lowest BCUT2D eigenvalue weighted by atomic mass is 9.95. The number of nitrogens with two attached hydrogens (primary N) is 1. The normalized spacial score (nSPS) is 18.4. The molecule has 6 heteroatoms. The molecule has 2 atom stereocenters. The van der Waals surface area contributed by atoms with Gasteiger partial charge in [-0.25, -0.2) is 0 Å². The molecule has 1 fully saturated rings. The van der Waals surface area contributed by atoms with E-state index in [0.29, 0.717) is 32.6 Å². The molecule has 5 nitrogen and oxygen atoms in total. The standard InChI is InChI=1S/C22H27N3O2.ClH/c1-17(26)24(14-18-8-4-2-5-9-18)13-12-22(27)25-15-20(21(23)16-25)19-10-6-3-7-11-19;/h2-11,20-21H,12-16,23H2,1H3;1H/t20-,21+;/m0./s1. The number of amides is 2. The van der Waals surface area contributed by atoms with Crippen LogP contribution in [0.4, 0.5) is 0 Å². The molecule has 1 heterocycles. The van der Waals surface area contributed by atoms with Crippen LogP contribution in [0.2, 0.25) is 0 Å². The van der Waals surface area contributed by atoms with E-state index >= 15 is 0 Å². The third-order valence-electron chi connectivity index (χ3n) is 5.20. The van der Waals surface area contributed by atoms with E-state index in [-0.39, 0.29) is 36.2 Å². The van der Waals surface area contributed by atoms with E-state index < -0.39 is 0 Å². The van der Waals surface area contributed by atoms with Crippen LogP contribution < -0.4 is 5.73 Å². The highest BCUT2D eigenvalue weighted by molar-refractivity contribution is 5.85. The first kappa shape index (κ1) is 21.9. The van der Waals surface area contributed by atoms with E-state index in [1.165, 1.54) is 5.56 Å². The topological polar surface area (TPSA) is 66.6 Å². The summed E-state index contributed by atoms with van der Waals surface area (Å²) in [5.41, 5.74) is 8.53. The minimum absolute atomic E-state index is 0. The molecule has 2 aromatic carbocycles. The fourth-order valence-corrected chi connectivity index (χ4v) is 3.63. The summed E-state index contributed by atoms with van der Waals surface area (Å²) in [5.74, 6) is 0.207. The molecule has 2 aromatic rings. The Morgan fingerprint density at radius 3 is 2.25 bits per heavy atom. The van der Waals surface area contributed by atoms with Crippen molar-refractivity contribution in [1.29, 1.82) is 0 Å². The first-order valence-electron chi connectivity index (χ1n) is 9.42. The zero-order valence-corrected chi connectivity index (χ0v) is 17.0. The average Bonchev–Trinajstić information content (AvgIpc) is 3.08. The molecule has 0 bridgehead atoms. The molecule has 0 saturated carbocycles. The third kappa shape index (κ3) is 5.57. The maximum atomic E-state index is 12.7. The molecule has 0 radical (unpaired) electrons.